The van der Waals surface area contributed by atoms with Crippen molar-refractivity contribution in [2.75, 3.05) is 23.9 Å². The predicted molar refractivity (Wildman–Crippen MR) is 74.9 cm³/mol. The average molecular weight is 317 g/mol. The lowest BCUT2D eigenvalue weighted by Crippen LogP contribution is -2.25. The van der Waals surface area contributed by atoms with Gasteiger partial charge in [0, 0.05) is 12.1 Å². The fourth-order valence-corrected chi connectivity index (χ4v) is 2.74. The van der Waals surface area contributed by atoms with Crippen LogP contribution >= 0.6 is 0 Å². The smallest absolute Gasteiger partial charge is 0.305 e. The van der Waals surface area contributed by atoms with E-state index in [1.165, 1.54) is 19.2 Å². The number of carbonyl (C=O) groups excluding carboxylic acids is 2. The summed E-state index contributed by atoms with van der Waals surface area (Å²) < 4.78 is 40.4. The second kappa shape index (κ2) is 7.72. The Balaban J connectivity index is 2.45. The van der Waals surface area contributed by atoms with Gasteiger partial charge in [-0.15, -0.1) is 0 Å². The Kier molecular flexibility index (Phi) is 6.29. The number of carbonyl (C=O) groups is 2. The standard InChI is InChI=1S/C13H16FNO5S/c1-20-13(17)3-2-8-21(18,19)9-12(16)15-11-6-4-10(14)5-7-11/h4-7H,2-3,8-9H2,1H3,(H,15,16). The van der Waals surface area contributed by atoms with E-state index in [2.05, 4.69) is 10.1 Å². The molecule has 6 nitrogen and oxygen atoms in total. The molecule has 0 aliphatic rings. The predicted octanol–water partition coefficient (Wildman–Crippen LogP) is 1.13. The van der Waals surface area contributed by atoms with Gasteiger partial charge in [0.15, 0.2) is 9.84 Å². The van der Waals surface area contributed by atoms with E-state index in [-0.39, 0.29) is 18.6 Å². The Bertz CT molecular complexity index is 597. The second-order valence-electron chi connectivity index (χ2n) is 4.33. The van der Waals surface area contributed by atoms with Crippen LogP contribution < -0.4 is 5.32 Å². The van der Waals surface area contributed by atoms with E-state index in [0.717, 1.165) is 12.1 Å². The molecule has 0 bridgehead atoms. The van der Waals surface area contributed by atoms with Crippen molar-refractivity contribution in [3.8, 4) is 0 Å². The number of halogens is 1. The van der Waals surface area contributed by atoms with Crippen LogP contribution in [0.3, 0.4) is 0 Å². The summed E-state index contributed by atoms with van der Waals surface area (Å²) in [6.45, 7) is 0. The lowest BCUT2D eigenvalue weighted by Gasteiger charge is -2.06. The summed E-state index contributed by atoms with van der Waals surface area (Å²) >= 11 is 0. The molecule has 0 saturated heterocycles. The van der Waals surface area contributed by atoms with Crippen LogP contribution in [0.5, 0.6) is 0 Å². The molecule has 0 radical (unpaired) electrons. The van der Waals surface area contributed by atoms with E-state index in [1.54, 1.807) is 0 Å². The number of ether oxygens (including phenoxy) is 1. The summed E-state index contributed by atoms with van der Waals surface area (Å²) in [6, 6.07) is 4.97. The van der Waals surface area contributed by atoms with Crippen molar-refractivity contribution in [3.05, 3.63) is 30.1 Å². The van der Waals surface area contributed by atoms with E-state index < -0.39 is 33.3 Å². The van der Waals surface area contributed by atoms with Crippen molar-refractivity contribution in [1.29, 1.82) is 0 Å². The molecule has 0 saturated carbocycles. The normalized spacial score (nSPS) is 11.0. The van der Waals surface area contributed by atoms with E-state index in [0.29, 0.717) is 5.69 Å². The summed E-state index contributed by atoms with van der Waals surface area (Å²) in [7, 11) is -2.39. The van der Waals surface area contributed by atoms with Crippen molar-refractivity contribution in [2.24, 2.45) is 0 Å². The first kappa shape index (κ1) is 17.1. The highest BCUT2D eigenvalue weighted by Crippen LogP contribution is 2.08. The topological polar surface area (TPSA) is 89.5 Å². The van der Waals surface area contributed by atoms with Gasteiger partial charge in [0.25, 0.3) is 0 Å². The van der Waals surface area contributed by atoms with Crippen LogP contribution in [0.15, 0.2) is 24.3 Å². The van der Waals surface area contributed by atoms with Gasteiger partial charge in [-0.3, -0.25) is 9.59 Å². The molecule has 1 N–H and O–H groups in total. The largest absolute Gasteiger partial charge is 0.469 e. The number of esters is 1. The highest BCUT2D eigenvalue weighted by Gasteiger charge is 2.17. The number of nitrogens with one attached hydrogen (secondary N) is 1. The van der Waals surface area contributed by atoms with Gasteiger partial charge in [0.05, 0.1) is 12.9 Å². The summed E-state index contributed by atoms with van der Waals surface area (Å²) in [6.07, 6.45) is 0.0775. The Morgan fingerprint density at radius 3 is 2.43 bits per heavy atom. The molecule has 1 rings (SSSR count). The van der Waals surface area contributed by atoms with Crippen molar-refractivity contribution in [3.63, 3.8) is 0 Å². The van der Waals surface area contributed by atoms with Crippen molar-refractivity contribution in [2.45, 2.75) is 12.8 Å². The fourth-order valence-electron chi connectivity index (χ4n) is 1.54. The van der Waals surface area contributed by atoms with Gasteiger partial charge in [0.1, 0.15) is 11.6 Å². The van der Waals surface area contributed by atoms with Crippen LogP contribution in [0.1, 0.15) is 12.8 Å². The quantitative estimate of drug-likeness (QED) is 0.762. The minimum absolute atomic E-state index is 0.0185. The molecule has 0 atom stereocenters. The molecule has 1 amide bonds. The molecular weight excluding hydrogens is 301 g/mol. The van der Waals surface area contributed by atoms with Gasteiger partial charge in [-0.1, -0.05) is 0 Å². The summed E-state index contributed by atoms with van der Waals surface area (Å²) in [5.74, 6) is -2.63. The van der Waals surface area contributed by atoms with Crippen LogP contribution in [-0.2, 0) is 24.2 Å². The summed E-state index contributed by atoms with van der Waals surface area (Å²) in [4.78, 5) is 22.5. The van der Waals surface area contributed by atoms with Gasteiger partial charge in [-0.2, -0.15) is 0 Å². The van der Waals surface area contributed by atoms with Crippen LogP contribution in [0, 0.1) is 5.82 Å². The zero-order valence-electron chi connectivity index (χ0n) is 11.5. The van der Waals surface area contributed by atoms with E-state index >= 15 is 0 Å². The van der Waals surface area contributed by atoms with Crippen molar-refractivity contribution in [1.82, 2.24) is 0 Å². The third-order valence-corrected chi connectivity index (χ3v) is 4.16. The zero-order valence-corrected chi connectivity index (χ0v) is 12.3. The number of sulfone groups is 1. The maximum absolute atomic E-state index is 12.7. The van der Waals surface area contributed by atoms with Gasteiger partial charge in [0.2, 0.25) is 5.91 Å². The number of amides is 1. The lowest BCUT2D eigenvalue weighted by atomic mass is 10.3. The lowest BCUT2D eigenvalue weighted by molar-refractivity contribution is -0.140. The van der Waals surface area contributed by atoms with Gasteiger partial charge >= 0.3 is 5.97 Å². The minimum atomic E-state index is -3.61. The Morgan fingerprint density at radius 1 is 1.24 bits per heavy atom. The third kappa shape index (κ3) is 6.84. The number of hydrogen-bond acceptors (Lipinski definition) is 5. The maximum Gasteiger partial charge on any atom is 0.305 e. The van der Waals surface area contributed by atoms with Crippen molar-refractivity contribution >= 4 is 27.4 Å². The van der Waals surface area contributed by atoms with E-state index in [4.69, 9.17) is 0 Å². The maximum atomic E-state index is 12.7. The monoisotopic (exact) mass is 317 g/mol. The van der Waals surface area contributed by atoms with Gasteiger partial charge in [-0.05, 0) is 30.7 Å². The Hall–Kier alpha value is -1.96. The molecule has 0 aromatic heterocycles. The zero-order chi connectivity index (χ0) is 15.9. The van der Waals surface area contributed by atoms with Crippen LogP contribution in [-0.4, -0.2) is 38.9 Å². The van der Waals surface area contributed by atoms with Crippen LogP contribution in [0.4, 0.5) is 10.1 Å². The number of anilines is 1. The number of methoxy groups -OCH3 is 1. The Morgan fingerprint density at radius 2 is 1.86 bits per heavy atom. The summed E-state index contributed by atoms with van der Waals surface area (Å²) in [5, 5.41) is 2.36. The molecule has 1 aromatic rings. The highest BCUT2D eigenvalue weighted by atomic mass is 32.2. The molecule has 0 fully saturated rings. The molecule has 116 valence electrons. The molecular formula is C13H16FNO5S. The second-order valence-corrected chi connectivity index (χ2v) is 6.51. The number of rotatable bonds is 7. The molecule has 0 aliphatic heterocycles. The molecule has 0 unspecified atom stereocenters. The highest BCUT2D eigenvalue weighted by molar-refractivity contribution is 7.92. The minimum Gasteiger partial charge on any atom is -0.469 e. The first-order valence-corrected chi connectivity index (χ1v) is 7.97. The molecule has 0 aliphatic carbocycles. The molecule has 21 heavy (non-hydrogen) atoms. The number of benzene rings is 1. The molecule has 0 spiro atoms. The average Bonchev–Trinajstić information content (AvgIpc) is 2.40. The molecule has 8 heteroatoms. The molecule has 1 aromatic carbocycles. The van der Waals surface area contributed by atoms with Gasteiger partial charge < -0.3 is 10.1 Å². The SMILES string of the molecule is COC(=O)CCCS(=O)(=O)CC(=O)Nc1ccc(F)cc1. The fraction of sp³-hybridized carbons (Fsp3) is 0.385. The van der Waals surface area contributed by atoms with Crippen LogP contribution in [0.25, 0.3) is 0 Å². The first-order chi connectivity index (χ1) is 9.82. The van der Waals surface area contributed by atoms with Crippen LogP contribution in [0.2, 0.25) is 0 Å². The Labute approximate surface area is 122 Å². The van der Waals surface area contributed by atoms with E-state index in [1.807, 2.05) is 0 Å². The van der Waals surface area contributed by atoms with E-state index in [9.17, 15) is 22.4 Å². The number of hydrogen-bond donors (Lipinski definition) is 1. The third-order valence-electron chi connectivity index (χ3n) is 2.54. The van der Waals surface area contributed by atoms with Gasteiger partial charge in [-0.25, -0.2) is 12.8 Å². The molecule has 0 heterocycles. The first-order valence-electron chi connectivity index (χ1n) is 6.15. The summed E-state index contributed by atoms with van der Waals surface area (Å²) in [5.41, 5.74) is 0.311. The van der Waals surface area contributed by atoms with Crippen molar-refractivity contribution < 1.29 is 27.1 Å².